The van der Waals surface area contributed by atoms with Gasteiger partial charge >= 0.3 is 18.3 Å². The van der Waals surface area contributed by atoms with Crippen molar-refractivity contribution in [3.05, 3.63) is 82.4 Å². The molecule has 1 N–H and O–H groups in total. The second kappa shape index (κ2) is 12.4. The fourth-order valence-electron chi connectivity index (χ4n) is 4.81. The summed E-state index contributed by atoms with van der Waals surface area (Å²) in [5.74, 6) is -3.14. The van der Waals surface area contributed by atoms with Gasteiger partial charge in [0.15, 0.2) is 13.2 Å². The Morgan fingerprint density at radius 3 is 2.14 bits per heavy atom. The van der Waals surface area contributed by atoms with Gasteiger partial charge in [0, 0.05) is 16.1 Å². The molecule has 0 aliphatic carbocycles. The van der Waals surface area contributed by atoms with Crippen LogP contribution in [0.15, 0.2) is 60.7 Å². The summed E-state index contributed by atoms with van der Waals surface area (Å²) < 4.78 is 86.5. The minimum Gasteiger partial charge on any atom is -0.483 e. The van der Waals surface area contributed by atoms with Gasteiger partial charge in [-0.3, -0.25) is 4.79 Å². The molecule has 0 unspecified atom stereocenters. The van der Waals surface area contributed by atoms with Gasteiger partial charge in [-0.2, -0.15) is 31.6 Å². The van der Waals surface area contributed by atoms with Crippen molar-refractivity contribution < 1.29 is 50.5 Å². The van der Waals surface area contributed by atoms with Crippen molar-refractivity contribution in [1.82, 2.24) is 4.90 Å². The van der Waals surface area contributed by atoms with E-state index in [1.165, 1.54) is 29.2 Å². The molecule has 1 fully saturated rings. The van der Waals surface area contributed by atoms with Gasteiger partial charge in [-0.1, -0.05) is 41.9 Å². The lowest BCUT2D eigenvalue weighted by Crippen LogP contribution is -2.41. The zero-order valence-electron chi connectivity index (χ0n) is 21.9. The molecule has 4 rings (SSSR count). The number of alkyl halides is 6. The number of nitrogens with zero attached hydrogens (tertiary/aromatic N) is 2. The second-order valence-corrected chi connectivity index (χ2v) is 9.90. The molecule has 226 valence electrons. The quantitative estimate of drug-likeness (QED) is 0.266. The Hall–Kier alpha value is -4.44. The molecule has 1 heterocycles. The van der Waals surface area contributed by atoms with Crippen molar-refractivity contribution in [3.63, 3.8) is 0 Å². The first kappa shape index (κ1) is 31.5. The van der Waals surface area contributed by atoms with Crippen LogP contribution in [0.3, 0.4) is 0 Å². The standard InChI is InChI=1S/C29H21ClF6N2O5/c30-21-4-2-1-3-19(21)22-10-11-23(27(40)41)38(22)26(39)17-7-5-16(6-8-17)18-9-12-24(42-14-28(31,32)33)20(13-37)25(18)43-15-29(34,35)36/h1-9,12,22-23H,10-11,14-15H2,(H,40,41)/t22-,23+/m1/s1. The number of carboxylic acids is 1. The van der Waals surface area contributed by atoms with Crippen LogP contribution in [0.5, 0.6) is 11.5 Å². The maximum absolute atomic E-state index is 13.6. The summed E-state index contributed by atoms with van der Waals surface area (Å²) in [5, 5.41) is 19.7. The fraction of sp³-hybridized carbons (Fsp3) is 0.276. The van der Waals surface area contributed by atoms with E-state index in [2.05, 4.69) is 4.74 Å². The normalized spacial score (nSPS) is 16.9. The Kier molecular flexibility index (Phi) is 9.10. The van der Waals surface area contributed by atoms with Crippen LogP contribution in [0.2, 0.25) is 5.02 Å². The monoisotopic (exact) mass is 626 g/mol. The van der Waals surface area contributed by atoms with Gasteiger partial charge in [0.2, 0.25) is 0 Å². The summed E-state index contributed by atoms with van der Waals surface area (Å²) >= 11 is 6.33. The highest BCUT2D eigenvalue weighted by molar-refractivity contribution is 6.31. The van der Waals surface area contributed by atoms with E-state index in [4.69, 9.17) is 16.3 Å². The number of hydrogen-bond donors (Lipinski definition) is 1. The molecule has 0 aromatic heterocycles. The highest BCUT2D eigenvalue weighted by Gasteiger charge is 2.42. The van der Waals surface area contributed by atoms with Crippen molar-refractivity contribution in [1.29, 1.82) is 5.26 Å². The molecule has 2 atom stereocenters. The fourth-order valence-corrected chi connectivity index (χ4v) is 5.07. The predicted octanol–water partition coefficient (Wildman–Crippen LogP) is 7.19. The summed E-state index contributed by atoms with van der Waals surface area (Å²) in [4.78, 5) is 26.8. The SMILES string of the molecule is N#Cc1c(OCC(F)(F)F)ccc(-c2ccc(C(=O)N3[C@@H](c4ccccc4Cl)CC[C@H]3C(=O)O)cc2)c1OCC(F)(F)F. The number of rotatable bonds is 8. The smallest absolute Gasteiger partial charge is 0.422 e. The molecule has 0 bridgehead atoms. The highest BCUT2D eigenvalue weighted by Crippen LogP contribution is 2.42. The van der Waals surface area contributed by atoms with Gasteiger partial charge in [-0.25, -0.2) is 4.79 Å². The van der Waals surface area contributed by atoms with Crippen molar-refractivity contribution in [2.24, 2.45) is 0 Å². The zero-order valence-corrected chi connectivity index (χ0v) is 22.6. The molecule has 7 nitrogen and oxygen atoms in total. The number of amides is 1. The third-order valence-electron chi connectivity index (χ3n) is 6.61. The molecule has 0 spiro atoms. The van der Waals surface area contributed by atoms with Gasteiger partial charge in [0.25, 0.3) is 5.91 Å². The number of halogens is 7. The van der Waals surface area contributed by atoms with Crippen molar-refractivity contribution in [2.75, 3.05) is 13.2 Å². The molecule has 0 saturated carbocycles. The van der Waals surface area contributed by atoms with E-state index in [0.29, 0.717) is 17.0 Å². The molecule has 0 radical (unpaired) electrons. The maximum Gasteiger partial charge on any atom is 0.422 e. The molecular formula is C29H21ClF6N2O5. The minimum atomic E-state index is -4.84. The number of aliphatic carboxylic acids is 1. The topological polar surface area (TPSA) is 99.9 Å². The molecule has 1 amide bonds. The first-order chi connectivity index (χ1) is 20.2. The summed E-state index contributed by atoms with van der Waals surface area (Å²) in [7, 11) is 0. The molecule has 3 aromatic rings. The van der Waals surface area contributed by atoms with Crippen LogP contribution in [-0.4, -0.2) is 53.5 Å². The Bertz CT molecular complexity index is 1550. The van der Waals surface area contributed by atoms with Gasteiger partial charge in [-0.15, -0.1) is 0 Å². The number of carbonyl (C=O) groups is 2. The Morgan fingerprint density at radius 2 is 1.56 bits per heavy atom. The Morgan fingerprint density at radius 1 is 0.930 bits per heavy atom. The largest absolute Gasteiger partial charge is 0.483 e. The van der Waals surface area contributed by atoms with Gasteiger partial charge < -0.3 is 19.5 Å². The molecule has 1 aliphatic rings. The van der Waals surface area contributed by atoms with Crippen LogP contribution < -0.4 is 9.47 Å². The van der Waals surface area contributed by atoms with E-state index in [1.807, 2.05) is 0 Å². The number of ether oxygens (including phenoxy) is 2. The van der Waals surface area contributed by atoms with Gasteiger partial charge in [0.05, 0.1) is 6.04 Å². The maximum atomic E-state index is 13.6. The zero-order chi connectivity index (χ0) is 31.5. The highest BCUT2D eigenvalue weighted by atomic mass is 35.5. The Balaban J connectivity index is 1.70. The number of carboxylic acid groups (broad SMARTS) is 1. The third kappa shape index (κ3) is 7.32. The van der Waals surface area contributed by atoms with E-state index >= 15 is 0 Å². The first-order valence-electron chi connectivity index (χ1n) is 12.6. The predicted molar refractivity (Wildman–Crippen MR) is 141 cm³/mol. The van der Waals surface area contributed by atoms with Crippen LogP contribution in [0.1, 0.15) is 40.4 Å². The lowest BCUT2D eigenvalue weighted by molar-refractivity contribution is -0.154. The van der Waals surface area contributed by atoms with E-state index in [1.54, 1.807) is 30.3 Å². The minimum absolute atomic E-state index is 0.0531. The van der Waals surface area contributed by atoms with E-state index < -0.39 is 66.6 Å². The van der Waals surface area contributed by atoms with Crippen LogP contribution in [0.25, 0.3) is 11.1 Å². The number of hydrogen-bond acceptors (Lipinski definition) is 5. The summed E-state index contributed by atoms with van der Waals surface area (Å²) in [6.07, 6.45) is -9.10. The van der Waals surface area contributed by atoms with Crippen LogP contribution in [0, 0.1) is 11.3 Å². The molecule has 43 heavy (non-hydrogen) atoms. The molecule has 1 saturated heterocycles. The van der Waals surface area contributed by atoms with Crippen LogP contribution >= 0.6 is 11.6 Å². The molecule has 1 aliphatic heterocycles. The number of benzene rings is 3. The lowest BCUT2D eigenvalue weighted by Gasteiger charge is -2.29. The average molecular weight is 627 g/mol. The number of likely N-dealkylation sites (tertiary alicyclic amines) is 1. The van der Waals surface area contributed by atoms with Crippen molar-refractivity contribution in [3.8, 4) is 28.7 Å². The lowest BCUT2D eigenvalue weighted by atomic mass is 9.99. The van der Waals surface area contributed by atoms with Crippen molar-refractivity contribution >= 4 is 23.5 Å². The van der Waals surface area contributed by atoms with Gasteiger partial charge in [-0.05, 0) is 54.3 Å². The van der Waals surface area contributed by atoms with Crippen LogP contribution in [0.4, 0.5) is 26.3 Å². The summed E-state index contributed by atoms with van der Waals surface area (Å²) in [5.41, 5.74) is 0.0119. The van der Waals surface area contributed by atoms with E-state index in [0.717, 1.165) is 12.1 Å². The molecule has 14 heteroatoms. The molecular weight excluding hydrogens is 606 g/mol. The summed E-state index contributed by atoms with van der Waals surface area (Å²) in [6.45, 7) is -3.64. The van der Waals surface area contributed by atoms with E-state index in [-0.39, 0.29) is 23.1 Å². The second-order valence-electron chi connectivity index (χ2n) is 9.49. The van der Waals surface area contributed by atoms with Crippen molar-refractivity contribution in [2.45, 2.75) is 37.3 Å². The average Bonchev–Trinajstić information content (AvgIpc) is 3.39. The van der Waals surface area contributed by atoms with Gasteiger partial charge in [0.1, 0.15) is 29.2 Å². The number of nitriles is 1. The Labute approximate surface area is 245 Å². The van der Waals surface area contributed by atoms with E-state index in [9.17, 15) is 46.3 Å². The van der Waals surface area contributed by atoms with Crippen LogP contribution in [-0.2, 0) is 4.79 Å². The third-order valence-corrected chi connectivity index (χ3v) is 6.96. The molecule has 3 aromatic carbocycles. The number of carbonyl (C=O) groups excluding carboxylic acids is 1. The first-order valence-corrected chi connectivity index (χ1v) is 12.9. The summed E-state index contributed by atoms with van der Waals surface area (Å²) in [6, 6.07) is 13.9.